The average Bonchev–Trinajstić information content (AvgIpc) is 3.41. The zero-order chi connectivity index (χ0) is 22.5. The maximum absolute atomic E-state index is 13.1. The molecule has 1 aliphatic rings. The highest BCUT2D eigenvalue weighted by Crippen LogP contribution is 2.56. The molecule has 1 saturated carbocycles. The van der Waals surface area contributed by atoms with Crippen molar-refractivity contribution in [1.29, 1.82) is 0 Å². The van der Waals surface area contributed by atoms with Crippen LogP contribution in [0.15, 0.2) is 71.9 Å². The maximum atomic E-state index is 13.1. The zero-order valence-electron chi connectivity index (χ0n) is 17.6. The Labute approximate surface area is 183 Å². The Morgan fingerprint density at radius 3 is 2.56 bits per heavy atom. The van der Waals surface area contributed by atoms with Gasteiger partial charge < -0.3 is 5.11 Å². The lowest BCUT2D eigenvalue weighted by molar-refractivity contribution is -0.142. The molecular weight excluding hydrogens is 406 g/mol. The molecule has 0 amide bonds. The van der Waals surface area contributed by atoms with Crippen LogP contribution in [0.2, 0.25) is 0 Å². The second-order valence-electron chi connectivity index (χ2n) is 8.20. The third-order valence-corrected chi connectivity index (χ3v) is 6.03. The molecule has 0 aliphatic heterocycles. The predicted molar refractivity (Wildman–Crippen MR) is 118 cm³/mol. The van der Waals surface area contributed by atoms with Crippen molar-refractivity contribution in [2.45, 2.75) is 31.7 Å². The number of rotatable bonds is 5. The molecule has 0 spiro atoms. The third kappa shape index (κ3) is 3.11. The van der Waals surface area contributed by atoms with Crippen molar-refractivity contribution in [3.63, 3.8) is 0 Å². The van der Waals surface area contributed by atoms with Crippen molar-refractivity contribution >= 4 is 5.97 Å². The minimum Gasteiger partial charge on any atom is -0.479 e. The van der Waals surface area contributed by atoms with Crippen molar-refractivity contribution in [3.8, 4) is 16.9 Å². The monoisotopic (exact) mass is 427 g/mol. The number of nitrogens with zero attached hydrogens (tertiary/aromatic N) is 5. The Balaban J connectivity index is 1.59. The Bertz CT molecular complexity index is 1390. The lowest BCUT2D eigenvalue weighted by Gasteiger charge is -2.17. The van der Waals surface area contributed by atoms with Gasteiger partial charge in [0.1, 0.15) is 0 Å². The highest BCUT2D eigenvalue weighted by atomic mass is 16.4. The first-order valence-electron chi connectivity index (χ1n) is 10.3. The molecule has 5 rings (SSSR count). The summed E-state index contributed by atoms with van der Waals surface area (Å²) in [6, 6.07) is 16.6. The average molecular weight is 427 g/mol. The van der Waals surface area contributed by atoms with E-state index in [2.05, 4.69) is 15.3 Å². The summed E-state index contributed by atoms with van der Waals surface area (Å²) in [7, 11) is 0. The first kappa shape index (κ1) is 19.9. The Morgan fingerprint density at radius 1 is 1.12 bits per heavy atom. The van der Waals surface area contributed by atoms with Crippen molar-refractivity contribution in [3.05, 3.63) is 94.3 Å². The van der Waals surface area contributed by atoms with E-state index < -0.39 is 17.1 Å². The fourth-order valence-corrected chi connectivity index (χ4v) is 4.30. The number of aryl methyl sites for hydroxylation is 2. The van der Waals surface area contributed by atoms with Crippen LogP contribution in [0.3, 0.4) is 0 Å². The predicted octanol–water partition coefficient (Wildman–Crippen LogP) is 3.08. The summed E-state index contributed by atoms with van der Waals surface area (Å²) in [6.07, 6.45) is 3.50. The van der Waals surface area contributed by atoms with E-state index in [-0.39, 0.29) is 5.92 Å². The van der Waals surface area contributed by atoms with E-state index in [9.17, 15) is 14.7 Å². The lowest BCUT2D eigenvalue weighted by Crippen LogP contribution is -2.37. The molecule has 0 saturated heterocycles. The molecule has 2 aromatic heterocycles. The fourth-order valence-electron chi connectivity index (χ4n) is 4.30. The second-order valence-corrected chi connectivity index (χ2v) is 8.20. The third-order valence-electron chi connectivity index (χ3n) is 6.03. The van der Waals surface area contributed by atoms with Crippen molar-refractivity contribution in [2.75, 3.05) is 0 Å². The van der Waals surface area contributed by atoms with Gasteiger partial charge in [0.05, 0.1) is 29.6 Å². The minimum atomic E-state index is -1.32. The second kappa shape index (κ2) is 7.26. The Morgan fingerprint density at radius 2 is 1.91 bits per heavy atom. The van der Waals surface area contributed by atoms with Crippen LogP contribution in [0, 0.1) is 13.8 Å². The highest BCUT2D eigenvalue weighted by Gasteiger charge is 2.63. The molecule has 160 valence electrons. The van der Waals surface area contributed by atoms with Crippen LogP contribution < -0.4 is 5.56 Å². The van der Waals surface area contributed by atoms with Crippen LogP contribution in [0.1, 0.15) is 29.2 Å². The molecule has 2 unspecified atom stereocenters. The minimum absolute atomic E-state index is 0.279. The van der Waals surface area contributed by atoms with Gasteiger partial charge in [-0.05, 0) is 38.0 Å². The van der Waals surface area contributed by atoms with Crippen molar-refractivity contribution in [1.82, 2.24) is 24.5 Å². The number of carbonyl (C=O) groups is 1. The normalized spacial score (nSPS) is 19.6. The van der Waals surface area contributed by atoms with Crippen molar-refractivity contribution < 1.29 is 9.90 Å². The van der Waals surface area contributed by atoms with E-state index >= 15 is 0 Å². The highest BCUT2D eigenvalue weighted by molar-refractivity contribution is 5.83. The molecule has 0 radical (unpaired) electrons. The quantitative estimate of drug-likeness (QED) is 0.525. The number of carboxylic acids is 1. The van der Waals surface area contributed by atoms with E-state index in [0.29, 0.717) is 12.1 Å². The van der Waals surface area contributed by atoms with Gasteiger partial charge in [0.2, 0.25) is 0 Å². The molecular formula is C24H21N5O3. The SMILES string of the molecule is Cc1ccc(-n2cc(C)nn2)c(-c2cc(=O)n(C3(C(=O)O)CC3c3ccccc3)cn2)c1. The van der Waals surface area contributed by atoms with Gasteiger partial charge in [0.15, 0.2) is 5.54 Å². The van der Waals surface area contributed by atoms with Gasteiger partial charge in [-0.2, -0.15) is 0 Å². The molecule has 1 N–H and O–H groups in total. The number of carboxylic acid groups (broad SMARTS) is 1. The summed E-state index contributed by atoms with van der Waals surface area (Å²) >= 11 is 0. The molecule has 1 fully saturated rings. The van der Waals surface area contributed by atoms with Crippen LogP contribution in [0.25, 0.3) is 16.9 Å². The van der Waals surface area contributed by atoms with Crippen LogP contribution in [-0.4, -0.2) is 35.6 Å². The first-order valence-corrected chi connectivity index (χ1v) is 10.3. The van der Waals surface area contributed by atoms with E-state index in [0.717, 1.165) is 28.1 Å². The number of hydrogen-bond acceptors (Lipinski definition) is 5. The van der Waals surface area contributed by atoms with Crippen molar-refractivity contribution in [2.24, 2.45) is 0 Å². The topological polar surface area (TPSA) is 103 Å². The summed E-state index contributed by atoms with van der Waals surface area (Å²) in [4.78, 5) is 29.9. The lowest BCUT2D eigenvalue weighted by atomic mass is 10.0. The van der Waals surface area contributed by atoms with Gasteiger partial charge in [-0.15, -0.1) is 5.10 Å². The zero-order valence-corrected chi connectivity index (χ0v) is 17.6. The molecule has 4 aromatic rings. The Hall–Kier alpha value is -4.07. The number of hydrogen-bond donors (Lipinski definition) is 1. The van der Waals surface area contributed by atoms with E-state index in [1.807, 2.05) is 62.4 Å². The van der Waals surface area contributed by atoms with Crippen LogP contribution in [0.5, 0.6) is 0 Å². The van der Waals surface area contributed by atoms with Gasteiger partial charge in [-0.25, -0.2) is 14.5 Å². The summed E-state index contributed by atoms with van der Waals surface area (Å²) in [5.41, 5.74) is 2.86. The molecule has 2 atom stereocenters. The van der Waals surface area contributed by atoms with Gasteiger partial charge >= 0.3 is 5.97 Å². The van der Waals surface area contributed by atoms with E-state index in [4.69, 9.17) is 0 Å². The van der Waals surface area contributed by atoms with Crippen LogP contribution in [-0.2, 0) is 10.3 Å². The summed E-state index contributed by atoms with van der Waals surface area (Å²) in [6.45, 7) is 3.80. The van der Waals surface area contributed by atoms with E-state index in [1.54, 1.807) is 10.9 Å². The maximum Gasteiger partial charge on any atom is 0.330 e. The summed E-state index contributed by atoms with van der Waals surface area (Å²) in [5, 5.41) is 18.2. The number of benzene rings is 2. The molecule has 8 nitrogen and oxygen atoms in total. The summed E-state index contributed by atoms with van der Waals surface area (Å²) in [5.74, 6) is -1.31. The Kier molecular flexibility index (Phi) is 4.51. The molecule has 2 aromatic carbocycles. The molecule has 32 heavy (non-hydrogen) atoms. The van der Waals surface area contributed by atoms with Gasteiger partial charge in [0, 0.05) is 17.5 Å². The van der Waals surface area contributed by atoms with Crippen LogP contribution in [0.4, 0.5) is 0 Å². The summed E-state index contributed by atoms with van der Waals surface area (Å²) < 4.78 is 2.90. The standard InChI is InChI=1S/C24H21N5O3/c1-15-8-9-21(29-13-16(2)26-27-29)18(10-15)20-11-22(30)28(14-25-20)24(23(31)32)12-19(24)17-6-4-3-5-7-17/h3-11,13-14,19H,12H2,1-2H3,(H,31,32). The fraction of sp³-hybridized carbons (Fsp3) is 0.208. The number of aromatic nitrogens is 5. The number of aliphatic carboxylic acids is 1. The van der Waals surface area contributed by atoms with Gasteiger partial charge in [-0.3, -0.25) is 9.36 Å². The first-order chi connectivity index (χ1) is 15.4. The molecule has 2 heterocycles. The van der Waals surface area contributed by atoms with Crippen LogP contribution >= 0.6 is 0 Å². The molecule has 8 heteroatoms. The van der Waals surface area contributed by atoms with Gasteiger partial charge in [-0.1, -0.05) is 47.2 Å². The van der Waals surface area contributed by atoms with E-state index in [1.165, 1.54) is 17.0 Å². The molecule has 0 bridgehead atoms. The smallest absolute Gasteiger partial charge is 0.330 e. The van der Waals surface area contributed by atoms with Gasteiger partial charge in [0.25, 0.3) is 5.56 Å². The molecule has 1 aliphatic carbocycles. The largest absolute Gasteiger partial charge is 0.479 e.